The topological polar surface area (TPSA) is 45.5 Å². The maximum atomic E-state index is 12.1. The fraction of sp³-hybridized carbons (Fsp3) is 0.450. The van der Waals surface area contributed by atoms with Crippen molar-refractivity contribution in [3.05, 3.63) is 59.0 Å². The highest BCUT2D eigenvalue weighted by molar-refractivity contribution is 5.94. The average molecular weight is 326 g/mol. The van der Waals surface area contributed by atoms with Gasteiger partial charge in [0.15, 0.2) is 0 Å². The summed E-state index contributed by atoms with van der Waals surface area (Å²) in [5, 5.41) is 2.94. The molecular formula is C20H26N2O2. The van der Waals surface area contributed by atoms with Gasteiger partial charge in [0.2, 0.25) is 0 Å². The number of furan rings is 1. The highest BCUT2D eigenvalue weighted by Crippen LogP contribution is 2.18. The first-order valence-electron chi connectivity index (χ1n) is 8.74. The number of likely N-dealkylation sites (tertiary alicyclic amines) is 1. The number of piperidine rings is 1. The smallest absolute Gasteiger partial charge is 0.255 e. The molecule has 4 heteroatoms. The third-order valence-corrected chi connectivity index (χ3v) is 4.86. The molecule has 0 saturated carbocycles. The third-order valence-electron chi connectivity index (χ3n) is 4.86. The van der Waals surface area contributed by atoms with Gasteiger partial charge in [-0.25, -0.2) is 0 Å². The van der Waals surface area contributed by atoms with Gasteiger partial charge in [-0.2, -0.15) is 0 Å². The van der Waals surface area contributed by atoms with E-state index >= 15 is 0 Å². The van der Waals surface area contributed by atoms with E-state index < -0.39 is 0 Å². The average Bonchev–Trinajstić information content (AvgIpc) is 3.02. The van der Waals surface area contributed by atoms with E-state index in [1.54, 1.807) is 19.3 Å². The number of benzene rings is 1. The second-order valence-corrected chi connectivity index (χ2v) is 6.85. The zero-order valence-electron chi connectivity index (χ0n) is 14.5. The van der Waals surface area contributed by atoms with Crippen LogP contribution in [0.15, 0.2) is 41.0 Å². The van der Waals surface area contributed by atoms with Crippen LogP contribution < -0.4 is 5.32 Å². The van der Waals surface area contributed by atoms with Gasteiger partial charge < -0.3 is 9.73 Å². The molecule has 2 heterocycles. The molecule has 0 radical (unpaired) electrons. The Kier molecular flexibility index (Phi) is 5.36. The Bertz CT molecular complexity index is 667. The minimum atomic E-state index is -0.0900. The van der Waals surface area contributed by atoms with Gasteiger partial charge in [-0.05, 0) is 56.0 Å². The minimum absolute atomic E-state index is 0.0900. The van der Waals surface area contributed by atoms with Crippen LogP contribution in [0.4, 0.5) is 0 Å². The molecule has 0 aliphatic carbocycles. The van der Waals surface area contributed by atoms with Gasteiger partial charge in [-0.1, -0.05) is 31.2 Å². The summed E-state index contributed by atoms with van der Waals surface area (Å²) in [6, 6.07) is 10.2. The summed E-state index contributed by atoms with van der Waals surface area (Å²) in [4.78, 5) is 14.6. The van der Waals surface area contributed by atoms with Crippen molar-refractivity contribution in [3.8, 4) is 0 Å². The van der Waals surface area contributed by atoms with Crippen LogP contribution in [0.3, 0.4) is 0 Å². The Morgan fingerprint density at radius 3 is 2.46 bits per heavy atom. The standard InChI is InChI=1S/C20H26N2O2/c1-15-7-10-22(11-8-15)14-18-5-3-17(4-6-18)13-21-20(23)19-9-12-24-16(19)2/h3-6,9,12,15H,7-8,10-11,13-14H2,1-2H3,(H,21,23). The van der Waals surface area contributed by atoms with Gasteiger partial charge in [0.1, 0.15) is 5.76 Å². The monoisotopic (exact) mass is 326 g/mol. The van der Waals surface area contributed by atoms with Crippen LogP contribution in [0.2, 0.25) is 0 Å². The maximum Gasteiger partial charge on any atom is 0.255 e. The first kappa shape index (κ1) is 16.8. The van der Waals surface area contributed by atoms with Crippen molar-refractivity contribution in [1.29, 1.82) is 0 Å². The molecule has 4 nitrogen and oxygen atoms in total. The van der Waals surface area contributed by atoms with Crippen LogP contribution in [-0.2, 0) is 13.1 Å². The third kappa shape index (κ3) is 4.26. The summed E-state index contributed by atoms with van der Waals surface area (Å²) < 4.78 is 5.17. The van der Waals surface area contributed by atoms with Gasteiger partial charge in [-0.15, -0.1) is 0 Å². The molecule has 24 heavy (non-hydrogen) atoms. The molecule has 1 aromatic carbocycles. The SMILES string of the molecule is Cc1occc1C(=O)NCc1ccc(CN2CCC(C)CC2)cc1. The largest absolute Gasteiger partial charge is 0.469 e. The van der Waals surface area contributed by atoms with Crippen LogP contribution in [0.1, 0.15) is 47.0 Å². The van der Waals surface area contributed by atoms with E-state index in [0.717, 1.165) is 18.0 Å². The second kappa shape index (κ2) is 7.67. The fourth-order valence-electron chi connectivity index (χ4n) is 3.14. The van der Waals surface area contributed by atoms with Crippen LogP contribution in [-0.4, -0.2) is 23.9 Å². The summed E-state index contributed by atoms with van der Waals surface area (Å²) in [6.45, 7) is 8.08. The van der Waals surface area contributed by atoms with E-state index in [4.69, 9.17) is 4.42 Å². The number of nitrogens with one attached hydrogen (secondary N) is 1. The summed E-state index contributed by atoms with van der Waals surface area (Å²) >= 11 is 0. The van der Waals surface area contributed by atoms with E-state index in [1.807, 2.05) is 0 Å². The zero-order valence-corrected chi connectivity index (χ0v) is 14.5. The first-order valence-corrected chi connectivity index (χ1v) is 8.74. The predicted octanol–water partition coefficient (Wildman–Crippen LogP) is 3.75. The van der Waals surface area contributed by atoms with Crippen molar-refractivity contribution in [2.75, 3.05) is 13.1 Å². The van der Waals surface area contributed by atoms with E-state index in [0.29, 0.717) is 17.9 Å². The minimum Gasteiger partial charge on any atom is -0.469 e. The molecule has 2 aromatic rings. The Labute approximate surface area is 143 Å². The molecule has 3 rings (SSSR count). The number of carbonyl (C=O) groups is 1. The van der Waals surface area contributed by atoms with Gasteiger partial charge in [0.25, 0.3) is 5.91 Å². The molecule has 1 N–H and O–H groups in total. The molecule has 1 saturated heterocycles. The lowest BCUT2D eigenvalue weighted by molar-refractivity contribution is 0.0949. The lowest BCUT2D eigenvalue weighted by atomic mass is 9.99. The number of hydrogen-bond donors (Lipinski definition) is 1. The van der Waals surface area contributed by atoms with E-state index in [2.05, 4.69) is 41.4 Å². The van der Waals surface area contributed by atoms with Crippen LogP contribution in [0.25, 0.3) is 0 Å². The van der Waals surface area contributed by atoms with Crippen LogP contribution in [0, 0.1) is 12.8 Å². The molecule has 0 unspecified atom stereocenters. The Morgan fingerprint density at radius 1 is 1.17 bits per heavy atom. The molecule has 0 atom stereocenters. The molecule has 0 bridgehead atoms. The van der Waals surface area contributed by atoms with Gasteiger partial charge in [0, 0.05) is 13.1 Å². The quantitative estimate of drug-likeness (QED) is 0.910. The van der Waals surface area contributed by atoms with E-state index in [1.165, 1.54) is 31.5 Å². The molecule has 1 aliphatic rings. The number of aryl methyl sites for hydroxylation is 1. The van der Waals surface area contributed by atoms with E-state index in [-0.39, 0.29) is 5.91 Å². The van der Waals surface area contributed by atoms with Crippen molar-refractivity contribution >= 4 is 5.91 Å². The highest BCUT2D eigenvalue weighted by Gasteiger charge is 2.15. The van der Waals surface area contributed by atoms with Crippen molar-refractivity contribution in [1.82, 2.24) is 10.2 Å². The van der Waals surface area contributed by atoms with E-state index in [9.17, 15) is 4.79 Å². The fourth-order valence-corrected chi connectivity index (χ4v) is 3.14. The molecule has 0 spiro atoms. The molecule has 1 aromatic heterocycles. The molecular weight excluding hydrogens is 300 g/mol. The predicted molar refractivity (Wildman–Crippen MR) is 94.7 cm³/mol. The van der Waals surface area contributed by atoms with Crippen molar-refractivity contribution in [2.24, 2.45) is 5.92 Å². The normalized spacial score (nSPS) is 16.2. The second-order valence-electron chi connectivity index (χ2n) is 6.85. The maximum absolute atomic E-state index is 12.1. The molecule has 1 amide bonds. The number of rotatable bonds is 5. The first-order chi connectivity index (χ1) is 11.6. The Hall–Kier alpha value is -2.07. The number of amides is 1. The highest BCUT2D eigenvalue weighted by atomic mass is 16.3. The van der Waals surface area contributed by atoms with Gasteiger partial charge in [0.05, 0.1) is 11.8 Å². The lowest BCUT2D eigenvalue weighted by Crippen LogP contribution is -2.32. The molecule has 1 aliphatic heterocycles. The summed E-state index contributed by atoms with van der Waals surface area (Å²) in [5.74, 6) is 1.43. The molecule has 1 fully saturated rings. The van der Waals surface area contributed by atoms with Crippen molar-refractivity contribution in [2.45, 2.75) is 39.8 Å². The summed E-state index contributed by atoms with van der Waals surface area (Å²) in [5.41, 5.74) is 3.05. The number of carbonyl (C=O) groups excluding carboxylic acids is 1. The van der Waals surface area contributed by atoms with Crippen LogP contribution in [0.5, 0.6) is 0 Å². The molecule has 128 valence electrons. The Morgan fingerprint density at radius 2 is 1.83 bits per heavy atom. The summed E-state index contributed by atoms with van der Waals surface area (Å²) in [7, 11) is 0. The number of hydrogen-bond acceptors (Lipinski definition) is 3. The lowest BCUT2D eigenvalue weighted by Gasteiger charge is -2.30. The summed E-state index contributed by atoms with van der Waals surface area (Å²) in [6.07, 6.45) is 4.15. The van der Waals surface area contributed by atoms with Gasteiger partial charge in [-0.3, -0.25) is 9.69 Å². The Balaban J connectivity index is 1.49. The van der Waals surface area contributed by atoms with Crippen molar-refractivity contribution in [3.63, 3.8) is 0 Å². The van der Waals surface area contributed by atoms with Gasteiger partial charge >= 0.3 is 0 Å². The zero-order chi connectivity index (χ0) is 16.9. The van der Waals surface area contributed by atoms with Crippen LogP contribution >= 0.6 is 0 Å². The van der Waals surface area contributed by atoms with Crippen molar-refractivity contribution < 1.29 is 9.21 Å². The number of nitrogens with zero attached hydrogens (tertiary/aromatic N) is 1.